The summed E-state index contributed by atoms with van der Waals surface area (Å²) in [5.74, 6) is 1.84. The number of guanidine groups is 1. The number of hydrogen-bond acceptors (Lipinski definition) is 3. The molecule has 2 aromatic carbocycles. The van der Waals surface area contributed by atoms with Crippen molar-refractivity contribution >= 4 is 29.9 Å². The second kappa shape index (κ2) is 12.5. The molecule has 3 N–H and O–H groups in total. The summed E-state index contributed by atoms with van der Waals surface area (Å²) in [4.78, 5) is 4.69. The molecule has 0 bridgehead atoms. The lowest BCUT2D eigenvalue weighted by Crippen LogP contribution is -2.44. The summed E-state index contributed by atoms with van der Waals surface area (Å²) in [6, 6.07) is 16.2. The Morgan fingerprint density at radius 3 is 2.50 bits per heavy atom. The summed E-state index contributed by atoms with van der Waals surface area (Å²) in [7, 11) is 1.56. The molecule has 0 saturated heterocycles. The fraction of sp³-hybridized carbons (Fsp3) is 0.409. The highest BCUT2D eigenvalue weighted by Gasteiger charge is 2.15. The number of nitrogens with zero attached hydrogens (tertiary/aromatic N) is 1. The van der Waals surface area contributed by atoms with Crippen molar-refractivity contribution in [1.29, 1.82) is 0 Å². The Bertz CT molecular complexity index is 738. The van der Waals surface area contributed by atoms with Crippen molar-refractivity contribution in [1.82, 2.24) is 10.6 Å². The maximum Gasteiger partial charge on any atom is 0.191 e. The van der Waals surface area contributed by atoms with Crippen molar-refractivity contribution < 1.29 is 9.84 Å². The van der Waals surface area contributed by atoms with Crippen LogP contribution in [0.3, 0.4) is 0 Å². The molecule has 0 amide bonds. The highest BCUT2D eigenvalue weighted by Crippen LogP contribution is 2.26. The molecule has 0 aliphatic heterocycles. The van der Waals surface area contributed by atoms with Gasteiger partial charge in [-0.1, -0.05) is 43.3 Å². The first kappa shape index (κ1) is 24.1. The fourth-order valence-corrected chi connectivity index (χ4v) is 2.88. The molecule has 0 aromatic heterocycles. The van der Waals surface area contributed by atoms with Crippen molar-refractivity contribution in [3.05, 3.63) is 59.7 Å². The van der Waals surface area contributed by atoms with Gasteiger partial charge in [0.25, 0.3) is 0 Å². The minimum atomic E-state index is 0. The summed E-state index contributed by atoms with van der Waals surface area (Å²) < 4.78 is 5.16. The van der Waals surface area contributed by atoms with Crippen molar-refractivity contribution in [2.24, 2.45) is 4.99 Å². The van der Waals surface area contributed by atoms with Gasteiger partial charge in [0.2, 0.25) is 0 Å². The Kier molecular flexibility index (Phi) is 10.7. The predicted molar refractivity (Wildman–Crippen MR) is 127 cm³/mol. The molecule has 2 aromatic rings. The lowest BCUT2D eigenvalue weighted by molar-refractivity contribution is 0.373. The number of aromatic hydroxyl groups is 1. The summed E-state index contributed by atoms with van der Waals surface area (Å²) in [6.07, 6.45) is 0.774. The van der Waals surface area contributed by atoms with Gasteiger partial charge in [0, 0.05) is 25.0 Å². The van der Waals surface area contributed by atoms with E-state index in [0.717, 1.165) is 24.5 Å². The number of ether oxygens (including phenoxy) is 1. The van der Waals surface area contributed by atoms with Crippen molar-refractivity contribution in [3.8, 4) is 11.5 Å². The van der Waals surface area contributed by atoms with E-state index in [4.69, 9.17) is 9.73 Å². The van der Waals surface area contributed by atoms with Crippen molar-refractivity contribution in [2.75, 3.05) is 20.2 Å². The van der Waals surface area contributed by atoms with Crippen LogP contribution in [0.2, 0.25) is 0 Å². The van der Waals surface area contributed by atoms with Gasteiger partial charge in [-0.2, -0.15) is 0 Å². The van der Waals surface area contributed by atoms with Crippen LogP contribution in [-0.2, 0) is 6.42 Å². The summed E-state index contributed by atoms with van der Waals surface area (Å²) in [5, 5.41) is 16.5. The van der Waals surface area contributed by atoms with Crippen LogP contribution in [0.1, 0.15) is 37.8 Å². The third-order valence-corrected chi connectivity index (χ3v) is 4.70. The molecule has 0 aliphatic rings. The van der Waals surface area contributed by atoms with Crippen LogP contribution in [0.15, 0.2) is 53.5 Å². The number of rotatable bonds is 8. The number of phenolic OH excluding ortho intramolecular Hbond substituents is 1. The van der Waals surface area contributed by atoms with Gasteiger partial charge < -0.3 is 20.5 Å². The van der Waals surface area contributed by atoms with Crippen LogP contribution >= 0.6 is 24.0 Å². The molecule has 5 nitrogen and oxygen atoms in total. The van der Waals surface area contributed by atoms with Crippen LogP contribution in [0.25, 0.3) is 0 Å². The van der Waals surface area contributed by atoms with Crippen LogP contribution in [0.5, 0.6) is 11.5 Å². The van der Waals surface area contributed by atoms with Crippen LogP contribution < -0.4 is 15.4 Å². The predicted octanol–water partition coefficient (Wildman–Crippen LogP) is 4.31. The Morgan fingerprint density at radius 1 is 1.14 bits per heavy atom. The molecule has 0 heterocycles. The third kappa shape index (κ3) is 7.22. The highest BCUT2D eigenvalue weighted by atomic mass is 127. The molecular formula is C22H32IN3O2. The molecule has 6 heteroatoms. The van der Waals surface area contributed by atoms with Crippen LogP contribution in [0, 0.1) is 0 Å². The number of nitrogens with one attached hydrogen (secondary N) is 2. The normalized spacial score (nSPS) is 13.2. The summed E-state index contributed by atoms with van der Waals surface area (Å²) >= 11 is 0. The lowest BCUT2D eigenvalue weighted by Gasteiger charge is -2.24. The highest BCUT2D eigenvalue weighted by molar-refractivity contribution is 14.0. The first-order chi connectivity index (χ1) is 13.0. The number of hydrogen-bond donors (Lipinski definition) is 3. The lowest BCUT2D eigenvalue weighted by atomic mass is 9.94. The molecule has 2 unspecified atom stereocenters. The Hall–Kier alpha value is -1.96. The van der Waals surface area contributed by atoms with Gasteiger partial charge in [-0.05, 0) is 43.5 Å². The average molecular weight is 497 g/mol. The first-order valence-corrected chi connectivity index (χ1v) is 9.50. The quantitative estimate of drug-likeness (QED) is 0.289. The van der Waals surface area contributed by atoms with E-state index in [1.165, 1.54) is 5.56 Å². The molecule has 0 radical (unpaired) electrons. The molecule has 0 fully saturated rings. The van der Waals surface area contributed by atoms with E-state index in [9.17, 15) is 5.11 Å². The largest absolute Gasteiger partial charge is 0.504 e. The van der Waals surface area contributed by atoms with Gasteiger partial charge in [0.1, 0.15) is 0 Å². The van der Waals surface area contributed by atoms with Gasteiger partial charge in [0.15, 0.2) is 17.5 Å². The van der Waals surface area contributed by atoms with E-state index in [0.29, 0.717) is 18.2 Å². The van der Waals surface area contributed by atoms with E-state index in [2.05, 4.69) is 55.7 Å². The van der Waals surface area contributed by atoms with Crippen LogP contribution in [-0.4, -0.2) is 37.3 Å². The van der Waals surface area contributed by atoms with Crippen LogP contribution in [0.4, 0.5) is 0 Å². The molecule has 28 heavy (non-hydrogen) atoms. The van der Waals surface area contributed by atoms with E-state index in [1.807, 2.05) is 18.2 Å². The number of benzene rings is 2. The molecule has 0 aliphatic carbocycles. The maximum absolute atomic E-state index is 9.69. The maximum atomic E-state index is 9.69. The van der Waals surface area contributed by atoms with Crippen molar-refractivity contribution in [2.45, 2.75) is 39.2 Å². The SMILES string of the molecule is CCNC(=NCCc1ccc(O)c(OC)c1)NC(C)C(C)c1ccccc1.I. The second-order valence-corrected chi connectivity index (χ2v) is 6.65. The zero-order valence-corrected chi connectivity index (χ0v) is 19.4. The van der Waals surface area contributed by atoms with Gasteiger partial charge >= 0.3 is 0 Å². The van der Waals surface area contributed by atoms with Gasteiger partial charge in [-0.25, -0.2) is 0 Å². The van der Waals surface area contributed by atoms with Gasteiger partial charge in [-0.3, -0.25) is 4.99 Å². The van der Waals surface area contributed by atoms with E-state index in [-0.39, 0.29) is 35.8 Å². The zero-order chi connectivity index (χ0) is 19.6. The first-order valence-electron chi connectivity index (χ1n) is 9.50. The van der Waals surface area contributed by atoms with Gasteiger partial charge in [0.05, 0.1) is 7.11 Å². The monoisotopic (exact) mass is 497 g/mol. The zero-order valence-electron chi connectivity index (χ0n) is 17.1. The molecule has 2 rings (SSSR count). The number of phenols is 1. The smallest absolute Gasteiger partial charge is 0.191 e. The third-order valence-electron chi connectivity index (χ3n) is 4.70. The molecular weight excluding hydrogens is 465 g/mol. The Balaban J connectivity index is 0.00000392. The summed E-state index contributed by atoms with van der Waals surface area (Å²) in [5.41, 5.74) is 2.39. The van der Waals surface area contributed by atoms with E-state index < -0.39 is 0 Å². The van der Waals surface area contributed by atoms with Crippen molar-refractivity contribution in [3.63, 3.8) is 0 Å². The molecule has 154 valence electrons. The fourth-order valence-electron chi connectivity index (χ4n) is 2.88. The number of aliphatic imine (C=N–C) groups is 1. The Morgan fingerprint density at radius 2 is 1.86 bits per heavy atom. The minimum Gasteiger partial charge on any atom is -0.504 e. The standard InChI is InChI=1S/C22H31N3O2.HI/c1-5-23-22(25-17(3)16(2)19-9-7-6-8-10-19)24-14-13-18-11-12-20(26)21(15-18)27-4;/h6-12,15-17,26H,5,13-14H2,1-4H3,(H2,23,24,25);1H. The van der Waals surface area contributed by atoms with Gasteiger partial charge in [-0.15, -0.1) is 24.0 Å². The number of methoxy groups -OCH3 is 1. The molecule has 0 saturated carbocycles. The topological polar surface area (TPSA) is 65.9 Å². The minimum absolute atomic E-state index is 0. The summed E-state index contributed by atoms with van der Waals surface area (Å²) in [6.45, 7) is 7.92. The van der Waals surface area contributed by atoms with E-state index >= 15 is 0 Å². The van der Waals surface area contributed by atoms with E-state index in [1.54, 1.807) is 13.2 Å². The average Bonchev–Trinajstić information content (AvgIpc) is 2.69. The number of halogens is 1. The second-order valence-electron chi connectivity index (χ2n) is 6.65. The Labute approximate surface area is 185 Å². The molecule has 0 spiro atoms. The molecule has 2 atom stereocenters.